The Balaban J connectivity index is 2.24. The first-order valence-electron chi connectivity index (χ1n) is 5.83. The number of aliphatic carboxylic acids is 1. The number of urea groups is 1. The zero-order chi connectivity index (χ0) is 12.8. The van der Waals surface area contributed by atoms with E-state index >= 15 is 0 Å². The highest BCUT2D eigenvalue weighted by Gasteiger charge is 2.32. The van der Waals surface area contributed by atoms with E-state index in [1.807, 2.05) is 6.92 Å². The lowest BCUT2D eigenvalue weighted by Crippen LogP contribution is -2.56. The van der Waals surface area contributed by atoms with Crippen LogP contribution >= 0.6 is 0 Å². The van der Waals surface area contributed by atoms with Crippen molar-refractivity contribution in [1.29, 1.82) is 0 Å². The van der Waals surface area contributed by atoms with Gasteiger partial charge in [0, 0.05) is 26.1 Å². The van der Waals surface area contributed by atoms with E-state index in [4.69, 9.17) is 9.84 Å². The Morgan fingerprint density at radius 3 is 2.65 bits per heavy atom. The molecule has 0 aromatic carbocycles. The number of carboxylic acids is 1. The van der Waals surface area contributed by atoms with Crippen molar-refractivity contribution in [3.63, 3.8) is 0 Å². The van der Waals surface area contributed by atoms with Gasteiger partial charge in [-0.2, -0.15) is 0 Å². The molecule has 1 fully saturated rings. The second kappa shape index (κ2) is 6.44. The Morgan fingerprint density at radius 1 is 1.53 bits per heavy atom. The average molecular weight is 244 g/mol. The molecule has 1 rings (SSSR count). The molecule has 0 spiro atoms. The highest BCUT2D eigenvalue weighted by atomic mass is 16.5. The third kappa shape index (κ3) is 4.22. The molecule has 1 saturated heterocycles. The van der Waals surface area contributed by atoms with E-state index in [1.165, 1.54) is 0 Å². The van der Waals surface area contributed by atoms with Crippen molar-refractivity contribution < 1.29 is 19.4 Å². The Hall–Kier alpha value is -1.30. The number of carboxylic acid groups (broad SMARTS) is 1. The first kappa shape index (κ1) is 13.8. The Bertz CT molecular complexity index is 277. The first-order chi connectivity index (χ1) is 8.06. The van der Waals surface area contributed by atoms with Crippen LogP contribution in [-0.2, 0) is 9.53 Å². The van der Waals surface area contributed by atoms with Crippen molar-refractivity contribution in [2.45, 2.75) is 25.8 Å². The summed E-state index contributed by atoms with van der Waals surface area (Å²) in [7, 11) is 1.60. The smallest absolute Gasteiger partial charge is 0.317 e. The van der Waals surface area contributed by atoms with E-state index in [-0.39, 0.29) is 24.4 Å². The van der Waals surface area contributed by atoms with Gasteiger partial charge in [0.25, 0.3) is 0 Å². The molecule has 1 atom stereocenters. The van der Waals surface area contributed by atoms with Crippen LogP contribution in [-0.4, -0.2) is 54.9 Å². The zero-order valence-electron chi connectivity index (χ0n) is 10.3. The largest absolute Gasteiger partial charge is 0.481 e. The number of ether oxygens (including phenoxy) is 1. The van der Waals surface area contributed by atoms with Crippen LogP contribution in [0.3, 0.4) is 0 Å². The number of nitrogens with one attached hydrogen (secondary N) is 1. The number of nitrogens with zero attached hydrogens (tertiary/aromatic N) is 1. The van der Waals surface area contributed by atoms with Gasteiger partial charge in [-0.15, -0.1) is 0 Å². The topological polar surface area (TPSA) is 78.9 Å². The summed E-state index contributed by atoms with van der Waals surface area (Å²) < 4.78 is 4.99. The monoisotopic (exact) mass is 244 g/mol. The maximum Gasteiger partial charge on any atom is 0.317 e. The van der Waals surface area contributed by atoms with Gasteiger partial charge in [-0.05, 0) is 6.42 Å². The molecule has 98 valence electrons. The fourth-order valence-electron chi connectivity index (χ4n) is 1.84. The van der Waals surface area contributed by atoms with Crippen LogP contribution in [0.15, 0.2) is 0 Å². The molecule has 0 aromatic rings. The normalized spacial score (nSPS) is 17.4. The van der Waals surface area contributed by atoms with Gasteiger partial charge in [0.2, 0.25) is 0 Å². The molecule has 1 aliphatic heterocycles. The molecule has 2 amide bonds. The predicted molar refractivity (Wildman–Crippen MR) is 61.8 cm³/mol. The molecule has 6 nitrogen and oxygen atoms in total. The number of carbonyl (C=O) groups is 2. The molecular weight excluding hydrogens is 224 g/mol. The van der Waals surface area contributed by atoms with Gasteiger partial charge < -0.3 is 20.1 Å². The summed E-state index contributed by atoms with van der Waals surface area (Å²) >= 11 is 0. The third-order valence-corrected chi connectivity index (χ3v) is 2.90. The van der Waals surface area contributed by atoms with Crippen LogP contribution in [0, 0.1) is 5.92 Å². The summed E-state index contributed by atoms with van der Waals surface area (Å²) in [6, 6.07) is -0.110. The summed E-state index contributed by atoms with van der Waals surface area (Å²) in [5.41, 5.74) is 0. The fraction of sp³-hybridized carbons (Fsp3) is 0.818. The van der Waals surface area contributed by atoms with Gasteiger partial charge in [0.05, 0.1) is 19.1 Å². The van der Waals surface area contributed by atoms with Crippen LogP contribution in [0.25, 0.3) is 0 Å². The number of hydrogen-bond donors (Lipinski definition) is 2. The molecule has 0 saturated carbocycles. The second-order valence-corrected chi connectivity index (χ2v) is 4.38. The molecule has 1 aliphatic rings. The van der Waals surface area contributed by atoms with E-state index in [0.29, 0.717) is 19.7 Å². The molecule has 0 radical (unpaired) electrons. The zero-order valence-corrected chi connectivity index (χ0v) is 10.3. The summed E-state index contributed by atoms with van der Waals surface area (Å²) in [4.78, 5) is 23.8. The molecule has 1 heterocycles. The quantitative estimate of drug-likeness (QED) is 0.714. The molecule has 2 N–H and O–H groups in total. The second-order valence-electron chi connectivity index (χ2n) is 4.38. The highest BCUT2D eigenvalue weighted by Crippen LogP contribution is 2.18. The minimum absolute atomic E-state index is 0.0195. The van der Waals surface area contributed by atoms with Crippen LogP contribution in [0.1, 0.15) is 19.8 Å². The van der Waals surface area contributed by atoms with E-state index in [2.05, 4.69) is 5.32 Å². The standard InChI is InChI=1S/C11H20N2O4/c1-3-9(7-17-2)12-11(16)13-5-8(6-13)4-10(14)15/h8-9H,3-7H2,1-2H3,(H,12,16)(H,14,15). The number of rotatable bonds is 6. The molecule has 0 bridgehead atoms. The van der Waals surface area contributed by atoms with E-state index in [0.717, 1.165) is 6.42 Å². The Kier molecular flexibility index (Phi) is 5.21. The number of amides is 2. The lowest BCUT2D eigenvalue weighted by molar-refractivity contribution is -0.139. The predicted octanol–water partition coefficient (Wildman–Crippen LogP) is 0.527. The number of likely N-dealkylation sites (tertiary alicyclic amines) is 1. The lowest BCUT2D eigenvalue weighted by atomic mass is 9.97. The van der Waals surface area contributed by atoms with Crippen LogP contribution < -0.4 is 5.32 Å². The van der Waals surface area contributed by atoms with Crippen LogP contribution in [0.5, 0.6) is 0 Å². The molecular formula is C11H20N2O4. The number of methoxy groups -OCH3 is 1. The average Bonchev–Trinajstić information content (AvgIpc) is 2.21. The van der Waals surface area contributed by atoms with Gasteiger partial charge >= 0.3 is 12.0 Å². The van der Waals surface area contributed by atoms with Crippen molar-refractivity contribution in [1.82, 2.24) is 10.2 Å². The van der Waals surface area contributed by atoms with Crippen LogP contribution in [0.2, 0.25) is 0 Å². The SMILES string of the molecule is CCC(COC)NC(=O)N1CC(CC(=O)O)C1. The van der Waals surface area contributed by atoms with Crippen molar-refractivity contribution >= 4 is 12.0 Å². The van der Waals surface area contributed by atoms with E-state index < -0.39 is 5.97 Å². The summed E-state index contributed by atoms with van der Waals surface area (Å²) in [6.45, 7) is 3.53. The lowest BCUT2D eigenvalue weighted by Gasteiger charge is -2.39. The van der Waals surface area contributed by atoms with Crippen molar-refractivity contribution in [3.8, 4) is 0 Å². The van der Waals surface area contributed by atoms with E-state index in [9.17, 15) is 9.59 Å². The van der Waals surface area contributed by atoms with Crippen LogP contribution in [0.4, 0.5) is 4.79 Å². The van der Waals surface area contributed by atoms with Crippen molar-refractivity contribution in [2.75, 3.05) is 26.8 Å². The molecule has 17 heavy (non-hydrogen) atoms. The summed E-state index contributed by atoms with van der Waals surface area (Å²) in [5, 5.41) is 11.4. The van der Waals surface area contributed by atoms with Gasteiger partial charge in [-0.25, -0.2) is 4.79 Å². The maximum absolute atomic E-state index is 11.7. The highest BCUT2D eigenvalue weighted by molar-refractivity contribution is 5.76. The van der Waals surface area contributed by atoms with Crippen molar-refractivity contribution in [2.24, 2.45) is 5.92 Å². The Labute approximate surface area is 101 Å². The Morgan fingerprint density at radius 2 is 2.18 bits per heavy atom. The number of carbonyl (C=O) groups excluding carboxylic acids is 1. The molecule has 0 aliphatic carbocycles. The summed E-state index contributed by atoms with van der Waals surface area (Å²) in [6.07, 6.45) is 0.949. The molecule has 6 heteroatoms. The minimum Gasteiger partial charge on any atom is -0.481 e. The first-order valence-corrected chi connectivity index (χ1v) is 5.83. The number of hydrogen-bond acceptors (Lipinski definition) is 3. The van der Waals surface area contributed by atoms with Gasteiger partial charge in [0.15, 0.2) is 0 Å². The molecule has 0 aromatic heterocycles. The third-order valence-electron chi connectivity index (χ3n) is 2.90. The van der Waals surface area contributed by atoms with Gasteiger partial charge in [-0.1, -0.05) is 6.92 Å². The maximum atomic E-state index is 11.7. The van der Waals surface area contributed by atoms with E-state index in [1.54, 1.807) is 12.0 Å². The molecule has 1 unspecified atom stereocenters. The van der Waals surface area contributed by atoms with Gasteiger partial charge in [0.1, 0.15) is 0 Å². The van der Waals surface area contributed by atoms with Crippen molar-refractivity contribution in [3.05, 3.63) is 0 Å². The summed E-state index contributed by atoms with van der Waals surface area (Å²) in [5.74, 6) is -0.707. The minimum atomic E-state index is -0.805. The van der Waals surface area contributed by atoms with Gasteiger partial charge in [-0.3, -0.25) is 4.79 Å². The fourth-order valence-corrected chi connectivity index (χ4v) is 1.84.